The van der Waals surface area contributed by atoms with Crippen molar-refractivity contribution in [3.8, 4) is 11.3 Å². The summed E-state index contributed by atoms with van der Waals surface area (Å²) in [7, 11) is 0. The Hall–Kier alpha value is -4.46. The molecule has 2 aromatic carbocycles. The molecule has 0 radical (unpaired) electrons. The van der Waals surface area contributed by atoms with Crippen molar-refractivity contribution < 1.29 is 22.9 Å². The molecule has 3 aromatic heterocycles. The first-order chi connectivity index (χ1) is 16.9. The lowest BCUT2D eigenvalue weighted by Crippen LogP contribution is -2.22. The molecule has 0 unspecified atom stereocenters. The number of nitrogens with one attached hydrogen (secondary N) is 2. The molecule has 0 spiro atoms. The average molecular weight is 471 g/mol. The van der Waals surface area contributed by atoms with E-state index in [1.54, 1.807) is 54.9 Å². The van der Waals surface area contributed by atoms with Gasteiger partial charge in [-0.15, -0.1) is 0 Å². The van der Waals surface area contributed by atoms with Crippen LogP contribution >= 0.6 is 0 Å². The van der Waals surface area contributed by atoms with Gasteiger partial charge in [0.1, 0.15) is 17.3 Å². The molecule has 8 heteroatoms. The van der Waals surface area contributed by atoms with Crippen molar-refractivity contribution in [1.82, 2.24) is 15.5 Å². The molecule has 3 heterocycles. The van der Waals surface area contributed by atoms with Crippen molar-refractivity contribution in [1.29, 1.82) is 0 Å². The summed E-state index contributed by atoms with van der Waals surface area (Å²) in [5.41, 5.74) is 2.53. The van der Waals surface area contributed by atoms with Gasteiger partial charge in [0.05, 0.1) is 18.4 Å². The van der Waals surface area contributed by atoms with E-state index < -0.39 is 5.82 Å². The number of rotatable bonds is 7. The largest absolute Gasteiger partial charge is 0.467 e. The number of hydrogen-bond donors (Lipinski definition) is 2. The molecule has 35 heavy (non-hydrogen) atoms. The molecule has 5 rings (SSSR count). The summed E-state index contributed by atoms with van der Waals surface area (Å²) >= 11 is 0. The fourth-order valence-corrected chi connectivity index (χ4v) is 4.02. The number of benzene rings is 2. The zero-order valence-electron chi connectivity index (χ0n) is 19.1. The standard InChI is InChI=1S/C27H22FN3O4/c1-15(2)26-23(24(31-35-26)16-5-3-6-18(28)11-16)25(32)21-14-29-22-12-17(8-9-20(21)22)27(33)30-13-19-7-4-10-34-19/h3-12,14-15,29H,13H2,1-2H3,(H,30,33). The highest BCUT2D eigenvalue weighted by atomic mass is 19.1. The quantitative estimate of drug-likeness (QED) is 0.291. The third kappa shape index (κ3) is 4.26. The Morgan fingerprint density at radius 1 is 1.11 bits per heavy atom. The summed E-state index contributed by atoms with van der Waals surface area (Å²) in [4.78, 5) is 29.4. The van der Waals surface area contributed by atoms with Crippen molar-refractivity contribution in [2.24, 2.45) is 0 Å². The molecule has 0 atom stereocenters. The van der Waals surface area contributed by atoms with E-state index in [0.717, 1.165) is 0 Å². The molecule has 0 saturated carbocycles. The van der Waals surface area contributed by atoms with E-state index in [2.05, 4.69) is 15.5 Å². The van der Waals surface area contributed by atoms with Gasteiger partial charge in [-0.25, -0.2) is 4.39 Å². The third-order valence-electron chi connectivity index (χ3n) is 5.76. The van der Waals surface area contributed by atoms with E-state index in [1.165, 1.54) is 12.1 Å². The van der Waals surface area contributed by atoms with E-state index >= 15 is 0 Å². The Morgan fingerprint density at radius 2 is 1.97 bits per heavy atom. The number of carbonyl (C=O) groups is 2. The van der Waals surface area contributed by atoms with Gasteiger partial charge in [0.2, 0.25) is 5.78 Å². The number of aromatic nitrogens is 2. The summed E-state index contributed by atoms with van der Waals surface area (Å²) < 4.78 is 24.6. The zero-order valence-corrected chi connectivity index (χ0v) is 19.1. The van der Waals surface area contributed by atoms with Gasteiger partial charge in [-0.1, -0.05) is 37.2 Å². The van der Waals surface area contributed by atoms with E-state index in [-0.39, 0.29) is 24.2 Å². The first-order valence-corrected chi connectivity index (χ1v) is 11.1. The van der Waals surface area contributed by atoms with Crippen LogP contribution in [0.15, 0.2) is 76.0 Å². The number of aromatic amines is 1. The van der Waals surface area contributed by atoms with Crippen molar-refractivity contribution in [3.05, 3.63) is 101 Å². The molecule has 0 aliphatic heterocycles. The van der Waals surface area contributed by atoms with Crippen LogP contribution in [0.4, 0.5) is 4.39 Å². The maximum Gasteiger partial charge on any atom is 0.251 e. The molecule has 0 bridgehead atoms. The second-order valence-corrected chi connectivity index (χ2v) is 8.49. The van der Waals surface area contributed by atoms with Crippen LogP contribution < -0.4 is 5.32 Å². The lowest BCUT2D eigenvalue weighted by atomic mass is 9.94. The monoisotopic (exact) mass is 471 g/mol. The summed E-state index contributed by atoms with van der Waals surface area (Å²) in [6.07, 6.45) is 3.15. The number of H-pyrrole nitrogens is 1. The van der Waals surface area contributed by atoms with Crippen LogP contribution in [-0.2, 0) is 6.54 Å². The minimum Gasteiger partial charge on any atom is -0.467 e. The van der Waals surface area contributed by atoms with Gasteiger partial charge < -0.3 is 19.2 Å². The van der Waals surface area contributed by atoms with Crippen LogP contribution in [0.25, 0.3) is 22.2 Å². The van der Waals surface area contributed by atoms with Crippen molar-refractivity contribution >= 4 is 22.6 Å². The lowest BCUT2D eigenvalue weighted by molar-refractivity contribution is 0.0947. The summed E-state index contributed by atoms with van der Waals surface area (Å²) in [5.74, 6) is -0.0253. The minimum absolute atomic E-state index is 0.113. The molecule has 176 valence electrons. The van der Waals surface area contributed by atoms with Crippen molar-refractivity contribution in [3.63, 3.8) is 0 Å². The second kappa shape index (κ2) is 9.06. The molecule has 7 nitrogen and oxygen atoms in total. The molecule has 1 amide bonds. The average Bonchev–Trinajstić information content (AvgIpc) is 3.61. The summed E-state index contributed by atoms with van der Waals surface area (Å²) in [6.45, 7) is 4.07. The van der Waals surface area contributed by atoms with Gasteiger partial charge in [-0.3, -0.25) is 9.59 Å². The Balaban J connectivity index is 1.49. The third-order valence-corrected chi connectivity index (χ3v) is 5.76. The number of amides is 1. The first kappa shape index (κ1) is 22.3. The highest BCUT2D eigenvalue weighted by Gasteiger charge is 2.28. The number of carbonyl (C=O) groups excluding carboxylic acids is 2. The Labute approximate surface area is 199 Å². The zero-order chi connectivity index (χ0) is 24.5. The number of furan rings is 1. The fourth-order valence-electron chi connectivity index (χ4n) is 4.02. The molecule has 0 saturated heterocycles. The van der Waals surface area contributed by atoms with Gasteiger partial charge in [0.15, 0.2) is 5.76 Å². The maximum absolute atomic E-state index is 13.9. The Bertz CT molecular complexity index is 1530. The molecular weight excluding hydrogens is 449 g/mol. The van der Waals surface area contributed by atoms with E-state index in [1.807, 2.05) is 13.8 Å². The molecule has 5 aromatic rings. The molecule has 0 aliphatic carbocycles. The summed E-state index contributed by atoms with van der Waals surface area (Å²) in [6, 6.07) is 14.5. The summed E-state index contributed by atoms with van der Waals surface area (Å²) in [5, 5.41) is 7.56. The Morgan fingerprint density at radius 3 is 2.71 bits per heavy atom. The number of hydrogen-bond acceptors (Lipinski definition) is 5. The number of ketones is 1. The normalized spacial score (nSPS) is 11.3. The van der Waals surface area contributed by atoms with E-state index in [4.69, 9.17) is 8.94 Å². The maximum atomic E-state index is 13.9. The van der Waals surface area contributed by atoms with E-state index in [9.17, 15) is 14.0 Å². The molecular formula is C27H22FN3O4. The van der Waals surface area contributed by atoms with Gasteiger partial charge in [-0.05, 0) is 36.4 Å². The van der Waals surface area contributed by atoms with E-state index in [0.29, 0.717) is 50.4 Å². The molecule has 0 aliphatic rings. The van der Waals surface area contributed by atoms with Crippen LogP contribution in [0.3, 0.4) is 0 Å². The van der Waals surface area contributed by atoms with Crippen LogP contribution in [0.1, 0.15) is 57.6 Å². The van der Waals surface area contributed by atoms with Gasteiger partial charge in [0, 0.05) is 39.7 Å². The predicted octanol–water partition coefficient (Wildman–Crippen LogP) is 5.84. The van der Waals surface area contributed by atoms with Crippen LogP contribution in [0.2, 0.25) is 0 Å². The van der Waals surface area contributed by atoms with Crippen molar-refractivity contribution in [2.75, 3.05) is 0 Å². The van der Waals surface area contributed by atoms with Crippen LogP contribution in [0, 0.1) is 5.82 Å². The van der Waals surface area contributed by atoms with Crippen molar-refractivity contribution in [2.45, 2.75) is 26.3 Å². The van der Waals surface area contributed by atoms with Gasteiger partial charge in [-0.2, -0.15) is 0 Å². The van der Waals surface area contributed by atoms with Crippen LogP contribution in [-0.4, -0.2) is 21.8 Å². The Kier molecular flexibility index (Phi) is 5.78. The smallest absolute Gasteiger partial charge is 0.251 e. The second-order valence-electron chi connectivity index (χ2n) is 8.49. The SMILES string of the molecule is CC(C)c1onc(-c2cccc(F)c2)c1C(=O)c1c[nH]c2cc(C(=O)NCc3ccco3)ccc12. The van der Waals surface area contributed by atoms with Gasteiger partial charge >= 0.3 is 0 Å². The lowest BCUT2D eigenvalue weighted by Gasteiger charge is -2.06. The van der Waals surface area contributed by atoms with Gasteiger partial charge in [0.25, 0.3) is 5.91 Å². The topological polar surface area (TPSA) is 101 Å². The number of nitrogens with zero attached hydrogens (tertiary/aromatic N) is 1. The molecule has 2 N–H and O–H groups in total. The predicted molar refractivity (Wildman–Crippen MR) is 128 cm³/mol. The minimum atomic E-state index is -0.431. The fraction of sp³-hybridized carbons (Fsp3) is 0.148. The van der Waals surface area contributed by atoms with Crippen LogP contribution in [0.5, 0.6) is 0 Å². The highest BCUT2D eigenvalue weighted by molar-refractivity contribution is 6.19. The first-order valence-electron chi connectivity index (χ1n) is 11.1. The highest BCUT2D eigenvalue weighted by Crippen LogP contribution is 2.33. The number of halogens is 1. The number of fused-ring (bicyclic) bond motifs is 1. The molecule has 0 fully saturated rings.